The van der Waals surface area contributed by atoms with E-state index in [1.54, 1.807) is 4.90 Å². The van der Waals surface area contributed by atoms with Gasteiger partial charge in [-0.15, -0.1) is 0 Å². The molecule has 1 saturated heterocycles. The molecule has 0 saturated carbocycles. The maximum atomic E-state index is 12.8. The molecule has 0 radical (unpaired) electrons. The molecular formula is C13H16FN3O3. The first-order valence-corrected chi connectivity index (χ1v) is 6.41. The molecule has 1 aliphatic heterocycles. The SMILES string of the molecule is O=C(O)CCN1CCN(C(=O)c2ccc(F)cn2)CC1. The summed E-state index contributed by atoms with van der Waals surface area (Å²) in [6.45, 7) is 2.82. The summed E-state index contributed by atoms with van der Waals surface area (Å²) in [5.74, 6) is -1.51. The van der Waals surface area contributed by atoms with E-state index in [1.165, 1.54) is 12.1 Å². The Balaban J connectivity index is 1.85. The number of carboxylic acids is 1. The van der Waals surface area contributed by atoms with E-state index >= 15 is 0 Å². The number of rotatable bonds is 4. The average molecular weight is 281 g/mol. The molecule has 20 heavy (non-hydrogen) atoms. The van der Waals surface area contributed by atoms with Crippen molar-refractivity contribution in [3.63, 3.8) is 0 Å². The van der Waals surface area contributed by atoms with Gasteiger partial charge in [0, 0.05) is 32.7 Å². The molecule has 1 N–H and O–H groups in total. The fourth-order valence-electron chi connectivity index (χ4n) is 2.09. The number of nitrogens with zero attached hydrogens (tertiary/aromatic N) is 3. The predicted molar refractivity (Wildman–Crippen MR) is 68.8 cm³/mol. The molecule has 7 heteroatoms. The summed E-state index contributed by atoms with van der Waals surface area (Å²) in [7, 11) is 0. The normalized spacial score (nSPS) is 16.1. The van der Waals surface area contributed by atoms with Crippen molar-refractivity contribution < 1.29 is 19.1 Å². The first-order chi connectivity index (χ1) is 9.56. The molecule has 1 aromatic rings. The highest BCUT2D eigenvalue weighted by atomic mass is 19.1. The van der Waals surface area contributed by atoms with E-state index in [0.29, 0.717) is 32.7 Å². The van der Waals surface area contributed by atoms with Crippen LogP contribution in [0.4, 0.5) is 4.39 Å². The summed E-state index contributed by atoms with van der Waals surface area (Å²) in [4.78, 5) is 30.0. The van der Waals surface area contributed by atoms with Crippen LogP contribution in [0, 0.1) is 5.82 Å². The minimum Gasteiger partial charge on any atom is -0.481 e. The van der Waals surface area contributed by atoms with Crippen LogP contribution < -0.4 is 0 Å². The van der Waals surface area contributed by atoms with E-state index in [9.17, 15) is 14.0 Å². The predicted octanol–water partition coefficient (Wildman–Crippen LogP) is 0.453. The van der Waals surface area contributed by atoms with Gasteiger partial charge in [-0.1, -0.05) is 0 Å². The molecule has 0 aliphatic carbocycles. The third-order valence-electron chi connectivity index (χ3n) is 3.25. The Hall–Kier alpha value is -2.02. The summed E-state index contributed by atoms with van der Waals surface area (Å²) in [5.41, 5.74) is 0.227. The molecular weight excluding hydrogens is 265 g/mol. The van der Waals surface area contributed by atoms with E-state index in [1.807, 2.05) is 4.90 Å². The summed E-state index contributed by atoms with van der Waals surface area (Å²) in [5, 5.41) is 8.63. The van der Waals surface area contributed by atoms with Gasteiger partial charge in [0.25, 0.3) is 5.91 Å². The number of hydrogen-bond donors (Lipinski definition) is 1. The van der Waals surface area contributed by atoms with Crippen molar-refractivity contribution in [2.24, 2.45) is 0 Å². The van der Waals surface area contributed by atoms with Crippen LogP contribution in [0.15, 0.2) is 18.3 Å². The Bertz CT molecular complexity index is 484. The fraction of sp³-hybridized carbons (Fsp3) is 0.462. The second-order valence-corrected chi connectivity index (χ2v) is 4.64. The second-order valence-electron chi connectivity index (χ2n) is 4.64. The lowest BCUT2D eigenvalue weighted by Gasteiger charge is -2.34. The van der Waals surface area contributed by atoms with Crippen molar-refractivity contribution >= 4 is 11.9 Å². The van der Waals surface area contributed by atoms with Crippen LogP contribution >= 0.6 is 0 Å². The van der Waals surface area contributed by atoms with Crippen LogP contribution in [-0.2, 0) is 4.79 Å². The third kappa shape index (κ3) is 3.74. The van der Waals surface area contributed by atoms with Crippen molar-refractivity contribution in [2.75, 3.05) is 32.7 Å². The van der Waals surface area contributed by atoms with Gasteiger partial charge in [-0.25, -0.2) is 9.37 Å². The van der Waals surface area contributed by atoms with Gasteiger partial charge < -0.3 is 10.0 Å². The van der Waals surface area contributed by atoms with Crippen LogP contribution in [0.5, 0.6) is 0 Å². The molecule has 1 fully saturated rings. The van der Waals surface area contributed by atoms with Crippen LogP contribution in [0.1, 0.15) is 16.9 Å². The van der Waals surface area contributed by atoms with Crippen molar-refractivity contribution in [2.45, 2.75) is 6.42 Å². The highest BCUT2D eigenvalue weighted by Gasteiger charge is 2.22. The van der Waals surface area contributed by atoms with Gasteiger partial charge in [0.05, 0.1) is 12.6 Å². The lowest BCUT2D eigenvalue weighted by atomic mass is 10.2. The largest absolute Gasteiger partial charge is 0.481 e. The number of carbonyl (C=O) groups is 2. The van der Waals surface area contributed by atoms with Crippen molar-refractivity contribution in [3.05, 3.63) is 29.8 Å². The first-order valence-electron chi connectivity index (χ1n) is 6.41. The molecule has 2 heterocycles. The molecule has 0 bridgehead atoms. The lowest BCUT2D eigenvalue weighted by Crippen LogP contribution is -2.49. The maximum absolute atomic E-state index is 12.8. The third-order valence-corrected chi connectivity index (χ3v) is 3.25. The number of aliphatic carboxylic acids is 1. The Morgan fingerprint density at radius 2 is 1.95 bits per heavy atom. The van der Waals surface area contributed by atoms with E-state index in [0.717, 1.165) is 6.20 Å². The zero-order valence-corrected chi connectivity index (χ0v) is 11.0. The van der Waals surface area contributed by atoms with E-state index in [2.05, 4.69) is 4.98 Å². The summed E-state index contributed by atoms with van der Waals surface area (Å²) in [6.07, 6.45) is 1.13. The topological polar surface area (TPSA) is 73.7 Å². The quantitative estimate of drug-likeness (QED) is 0.867. The van der Waals surface area contributed by atoms with Gasteiger partial charge in [-0.2, -0.15) is 0 Å². The zero-order chi connectivity index (χ0) is 14.5. The Morgan fingerprint density at radius 1 is 1.25 bits per heavy atom. The fourth-order valence-corrected chi connectivity index (χ4v) is 2.09. The highest BCUT2D eigenvalue weighted by Crippen LogP contribution is 2.08. The summed E-state index contributed by atoms with van der Waals surface area (Å²) < 4.78 is 12.8. The number of pyridine rings is 1. The molecule has 2 rings (SSSR count). The minimum absolute atomic E-state index is 0.105. The molecule has 0 unspecified atom stereocenters. The van der Waals surface area contributed by atoms with Gasteiger partial charge in [-0.05, 0) is 12.1 Å². The molecule has 1 aliphatic rings. The van der Waals surface area contributed by atoms with Gasteiger partial charge in [-0.3, -0.25) is 14.5 Å². The monoisotopic (exact) mass is 281 g/mol. The van der Waals surface area contributed by atoms with Crippen molar-refractivity contribution in [3.8, 4) is 0 Å². The average Bonchev–Trinajstić information content (AvgIpc) is 2.46. The van der Waals surface area contributed by atoms with Gasteiger partial charge >= 0.3 is 5.97 Å². The lowest BCUT2D eigenvalue weighted by molar-refractivity contribution is -0.137. The molecule has 1 aromatic heterocycles. The Kier molecular flexibility index (Phi) is 4.62. The standard InChI is InChI=1S/C13H16FN3O3/c14-10-1-2-11(15-9-10)13(20)17-7-5-16(6-8-17)4-3-12(18)19/h1-2,9H,3-8H2,(H,18,19). The molecule has 108 valence electrons. The maximum Gasteiger partial charge on any atom is 0.304 e. The number of amides is 1. The number of carbonyl (C=O) groups excluding carboxylic acids is 1. The van der Waals surface area contributed by atoms with E-state index in [4.69, 9.17) is 5.11 Å². The van der Waals surface area contributed by atoms with Crippen molar-refractivity contribution in [1.82, 2.24) is 14.8 Å². The van der Waals surface area contributed by atoms with Crippen LogP contribution in [0.2, 0.25) is 0 Å². The van der Waals surface area contributed by atoms with Crippen LogP contribution in [0.3, 0.4) is 0 Å². The van der Waals surface area contributed by atoms with Crippen LogP contribution in [-0.4, -0.2) is 64.5 Å². The Labute approximate surface area is 115 Å². The second kappa shape index (κ2) is 6.42. The van der Waals surface area contributed by atoms with E-state index in [-0.39, 0.29) is 18.0 Å². The zero-order valence-electron chi connectivity index (χ0n) is 11.0. The molecule has 0 aromatic carbocycles. The number of piperazine rings is 1. The number of hydrogen-bond acceptors (Lipinski definition) is 4. The van der Waals surface area contributed by atoms with Crippen LogP contribution in [0.25, 0.3) is 0 Å². The Morgan fingerprint density at radius 3 is 2.50 bits per heavy atom. The number of aromatic nitrogens is 1. The van der Waals surface area contributed by atoms with Crippen molar-refractivity contribution in [1.29, 1.82) is 0 Å². The van der Waals surface area contributed by atoms with Gasteiger partial charge in [0.1, 0.15) is 11.5 Å². The number of halogens is 1. The summed E-state index contributed by atoms with van der Waals surface area (Å²) >= 11 is 0. The number of carboxylic acid groups (broad SMARTS) is 1. The highest BCUT2D eigenvalue weighted by molar-refractivity contribution is 5.92. The first kappa shape index (κ1) is 14.4. The summed E-state index contributed by atoms with van der Waals surface area (Å²) in [6, 6.07) is 2.58. The molecule has 0 spiro atoms. The minimum atomic E-state index is -0.820. The molecule has 6 nitrogen and oxygen atoms in total. The molecule has 0 atom stereocenters. The van der Waals surface area contributed by atoms with Gasteiger partial charge in [0.2, 0.25) is 0 Å². The molecule has 1 amide bonds. The van der Waals surface area contributed by atoms with Gasteiger partial charge in [0.15, 0.2) is 0 Å². The smallest absolute Gasteiger partial charge is 0.304 e. The van der Waals surface area contributed by atoms with E-state index < -0.39 is 11.8 Å².